The average molecular weight is 463 g/mol. The van der Waals surface area contributed by atoms with E-state index in [0.717, 1.165) is 5.56 Å². The Balaban J connectivity index is 1.62. The monoisotopic (exact) mass is 462 g/mol. The summed E-state index contributed by atoms with van der Waals surface area (Å²) in [7, 11) is 0. The van der Waals surface area contributed by atoms with Crippen molar-refractivity contribution in [3.05, 3.63) is 63.2 Å². The van der Waals surface area contributed by atoms with Crippen LogP contribution in [0.1, 0.15) is 51.4 Å². The second-order valence-electron chi connectivity index (χ2n) is 8.54. The van der Waals surface area contributed by atoms with Gasteiger partial charge in [0.1, 0.15) is 30.2 Å². The molecule has 7 nitrogen and oxygen atoms in total. The number of aliphatic hydroxyl groups is 5. The minimum atomic E-state index is -2.00. The maximum Gasteiger partial charge on any atom is 0.194 e. The van der Waals surface area contributed by atoms with Gasteiger partial charge in [-0.25, -0.2) is 0 Å². The molecule has 2 aromatic carbocycles. The van der Waals surface area contributed by atoms with Crippen LogP contribution in [-0.4, -0.2) is 68.9 Å². The molecule has 172 valence electrons. The zero-order valence-electron chi connectivity index (χ0n) is 17.4. The fourth-order valence-corrected chi connectivity index (χ4v) is 4.40. The molecule has 2 aliphatic rings. The molecule has 4 rings (SSSR count). The SMILES string of the molecule is O=C(c1cc(Cc2ccc(C3CC3)cc2)c(Cl)c2c1CCO2)[C@H](O)[C@@H](O)[C@H](O)[C@H](O)CO. The lowest BCUT2D eigenvalue weighted by atomic mass is 9.90. The number of halogens is 1. The highest BCUT2D eigenvalue weighted by Crippen LogP contribution is 2.41. The standard InChI is InChI=1S/C24H27ClO7/c25-19-15(9-12-1-3-13(4-2-12)14-5-6-14)10-17(16-7-8-32-24(16)19)20(28)22(30)23(31)21(29)18(27)11-26/h1-4,10,14,18,21-23,26-27,29-31H,5-9,11H2/t18-,21-,22+,23+/m1/s1. The van der Waals surface area contributed by atoms with Crippen LogP contribution >= 0.6 is 11.6 Å². The molecule has 0 amide bonds. The number of carbonyl (C=O) groups is 1. The molecule has 1 saturated carbocycles. The second-order valence-corrected chi connectivity index (χ2v) is 8.91. The van der Waals surface area contributed by atoms with Crippen LogP contribution in [0, 0.1) is 0 Å². The molecular weight excluding hydrogens is 436 g/mol. The molecule has 2 aromatic rings. The molecule has 5 N–H and O–H groups in total. The van der Waals surface area contributed by atoms with Crippen molar-refractivity contribution in [3.63, 3.8) is 0 Å². The van der Waals surface area contributed by atoms with E-state index in [2.05, 4.69) is 12.1 Å². The molecular formula is C24H27ClO7. The number of hydrogen-bond acceptors (Lipinski definition) is 7. The summed E-state index contributed by atoms with van der Waals surface area (Å²) in [6.07, 6.45) is -4.25. The van der Waals surface area contributed by atoms with Crippen LogP contribution in [-0.2, 0) is 12.8 Å². The van der Waals surface area contributed by atoms with E-state index in [0.29, 0.717) is 47.3 Å². The van der Waals surface area contributed by atoms with Gasteiger partial charge in [-0.3, -0.25) is 4.79 Å². The number of aliphatic hydroxyl groups excluding tert-OH is 5. The summed E-state index contributed by atoms with van der Waals surface area (Å²) in [5.74, 6) is 0.225. The van der Waals surface area contributed by atoms with E-state index in [4.69, 9.17) is 21.4 Å². The third-order valence-corrected chi connectivity index (χ3v) is 6.62. The van der Waals surface area contributed by atoms with E-state index in [9.17, 15) is 25.2 Å². The number of benzene rings is 2. The van der Waals surface area contributed by atoms with E-state index in [1.54, 1.807) is 6.07 Å². The van der Waals surface area contributed by atoms with E-state index < -0.39 is 36.8 Å². The van der Waals surface area contributed by atoms with E-state index in [-0.39, 0.29) is 5.56 Å². The van der Waals surface area contributed by atoms with E-state index in [1.807, 2.05) is 12.1 Å². The van der Waals surface area contributed by atoms with Crippen molar-refractivity contribution in [1.82, 2.24) is 0 Å². The first-order chi connectivity index (χ1) is 15.3. The summed E-state index contributed by atoms with van der Waals surface area (Å²) in [6.45, 7) is -0.494. The van der Waals surface area contributed by atoms with Crippen LogP contribution < -0.4 is 4.74 Å². The van der Waals surface area contributed by atoms with Crippen molar-refractivity contribution in [2.75, 3.05) is 13.2 Å². The first-order valence-electron chi connectivity index (χ1n) is 10.7. The van der Waals surface area contributed by atoms with Gasteiger partial charge >= 0.3 is 0 Å². The number of hydrogen-bond donors (Lipinski definition) is 5. The molecule has 0 spiro atoms. The van der Waals surface area contributed by atoms with Crippen molar-refractivity contribution in [2.24, 2.45) is 0 Å². The second kappa shape index (κ2) is 9.47. The Morgan fingerprint density at radius 3 is 2.41 bits per heavy atom. The number of ketones is 1. The number of fused-ring (bicyclic) bond motifs is 1. The lowest BCUT2D eigenvalue weighted by Gasteiger charge is -2.25. The fourth-order valence-electron chi connectivity index (χ4n) is 4.11. The third-order valence-electron chi connectivity index (χ3n) is 6.21. The molecule has 8 heteroatoms. The first-order valence-corrected chi connectivity index (χ1v) is 11.1. The predicted octanol–water partition coefficient (Wildman–Crippen LogP) is 1.36. The minimum absolute atomic E-state index is 0.156. The molecule has 1 heterocycles. The number of Topliss-reactive ketones (excluding diaryl/α,β-unsaturated/α-hetero) is 1. The summed E-state index contributed by atoms with van der Waals surface area (Å²) < 4.78 is 5.65. The van der Waals surface area contributed by atoms with E-state index in [1.165, 1.54) is 18.4 Å². The zero-order chi connectivity index (χ0) is 23.0. The van der Waals surface area contributed by atoms with Crippen LogP contribution in [0.25, 0.3) is 0 Å². The van der Waals surface area contributed by atoms with Gasteiger partial charge in [0.05, 0.1) is 18.2 Å². The van der Waals surface area contributed by atoms with Crippen LogP contribution in [0.15, 0.2) is 30.3 Å². The summed E-state index contributed by atoms with van der Waals surface area (Å²) in [5.41, 5.74) is 3.66. The van der Waals surface area contributed by atoms with E-state index >= 15 is 0 Å². The van der Waals surface area contributed by atoms with Crippen LogP contribution in [0.3, 0.4) is 0 Å². The number of carbonyl (C=O) groups excluding carboxylic acids is 1. The van der Waals surface area contributed by atoms with Gasteiger partial charge in [0.25, 0.3) is 0 Å². The van der Waals surface area contributed by atoms with Gasteiger partial charge in [-0.2, -0.15) is 0 Å². The molecule has 0 unspecified atom stereocenters. The Hall–Kier alpha value is -2.00. The Morgan fingerprint density at radius 2 is 1.78 bits per heavy atom. The molecule has 0 aromatic heterocycles. The molecule has 1 fully saturated rings. The molecule has 1 aliphatic carbocycles. The van der Waals surface area contributed by atoms with Gasteiger partial charge in [0, 0.05) is 17.5 Å². The molecule has 0 bridgehead atoms. The quantitative estimate of drug-likeness (QED) is 0.356. The molecule has 0 saturated heterocycles. The molecule has 1 aliphatic heterocycles. The van der Waals surface area contributed by atoms with Gasteiger partial charge in [-0.1, -0.05) is 35.9 Å². The van der Waals surface area contributed by atoms with Crippen molar-refractivity contribution in [1.29, 1.82) is 0 Å². The number of ether oxygens (including phenoxy) is 1. The largest absolute Gasteiger partial charge is 0.491 e. The maximum atomic E-state index is 13.0. The molecule has 4 atom stereocenters. The Labute approximate surface area is 190 Å². The van der Waals surface area contributed by atoms with Crippen LogP contribution in [0.5, 0.6) is 5.75 Å². The predicted molar refractivity (Wildman–Crippen MR) is 117 cm³/mol. The summed E-state index contributed by atoms with van der Waals surface area (Å²) in [4.78, 5) is 13.0. The smallest absolute Gasteiger partial charge is 0.194 e. The lowest BCUT2D eigenvalue weighted by molar-refractivity contribution is -0.105. The van der Waals surface area contributed by atoms with Gasteiger partial charge in [0.15, 0.2) is 5.78 Å². The van der Waals surface area contributed by atoms with Crippen molar-refractivity contribution < 1.29 is 35.1 Å². The molecule has 32 heavy (non-hydrogen) atoms. The minimum Gasteiger partial charge on any atom is -0.491 e. The average Bonchev–Trinajstić information content (AvgIpc) is 3.54. The third kappa shape index (κ3) is 4.55. The zero-order valence-corrected chi connectivity index (χ0v) is 18.2. The normalized spacial score (nSPS) is 19.1. The Kier molecular flexibility index (Phi) is 6.86. The number of rotatable bonds is 9. The van der Waals surface area contributed by atoms with Crippen molar-refractivity contribution in [2.45, 2.75) is 56.0 Å². The highest BCUT2D eigenvalue weighted by atomic mass is 35.5. The van der Waals surface area contributed by atoms with Crippen LogP contribution in [0.4, 0.5) is 0 Å². The molecule has 0 radical (unpaired) electrons. The van der Waals surface area contributed by atoms with Gasteiger partial charge in [-0.05, 0) is 47.9 Å². The Morgan fingerprint density at radius 1 is 1.09 bits per heavy atom. The van der Waals surface area contributed by atoms with Gasteiger partial charge in [-0.15, -0.1) is 0 Å². The maximum absolute atomic E-state index is 13.0. The highest BCUT2D eigenvalue weighted by molar-refractivity contribution is 6.33. The van der Waals surface area contributed by atoms with Crippen molar-refractivity contribution in [3.8, 4) is 5.75 Å². The lowest BCUT2D eigenvalue weighted by Crippen LogP contribution is -2.48. The topological polar surface area (TPSA) is 127 Å². The summed E-state index contributed by atoms with van der Waals surface area (Å²) in [5, 5.41) is 49.3. The van der Waals surface area contributed by atoms with Crippen LogP contribution in [0.2, 0.25) is 5.02 Å². The fraction of sp³-hybridized carbons (Fsp3) is 0.458. The highest BCUT2D eigenvalue weighted by Gasteiger charge is 2.37. The first kappa shape index (κ1) is 23.2. The summed E-state index contributed by atoms with van der Waals surface area (Å²) in [6, 6.07) is 9.86. The van der Waals surface area contributed by atoms with Gasteiger partial charge < -0.3 is 30.3 Å². The van der Waals surface area contributed by atoms with Crippen molar-refractivity contribution >= 4 is 17.4 Å². The summed E-state index contributed by atoms with van der Waals surface area (Å²) >= 11 is 6.58. The Bertz CT molecular complexity index is 987. The van der Waals surface area contributed by atoms with Gasteiger partial charge in [0.2, 0.25) is 0 Å².